The number of likely N-dealkylation sites (N-methyl/N-ethyl adjacent to an activating group) is 1. The molecule has 1 heterocycles. The van der Waals surface area contributed by atoms with Crippen LogP contribution in [0.5, 0.6) is 0 Å². The van der Waals surface area contributed by atoms with Gasteiger partial charge in [0.1, 0.15) is 6.54 Å². The number of nitrogens with one attached hydrogen (secondary N) is 1. The molecule has 2 aliphatic rings. The van der Waals surface area contributed by atoms with Gasteiger partial charge in [-0.15, -0.1) is 0 Å². The second kappa shape index (κ2) is 6.97. The molecule has 5 nitrogen and oxygen atoms in total. The van der Waals surface area contributed by atoms with E-state index in [1.807, 2.05) is 6.92 Å². The van der Waals surface area contributed by atoms with E-state index in [4.69, 9.17) is 0 Å². The van der Waals surface area contributed by atoms with Gasteiger partial charge >= 0.3 is 12.2 Å². The molecule has 0 aromatic heterocycles. The Morgan fingerprint density at radius 1 is 1.26 bits per heavy atom. The summed E-state index contributed by atoms with van der Waals surface area (Å²) in [4.78, 5) is 26.4. The van der Waals surface area contributed by atoms with Gasteiger partial charge in [-0.3, -0.25) is 4.79 Å². The van der Waals surface area contributed by atoms with Crippen LogP contribution in [-0.4, -0.2) is 60.1 Å². The first-order valence-electron chi connectivity index (χ1n) is 8.06. The van der Waals surface area contributed by atoms with Crippen LogP contribution in [0.1, 0.15) is 39.0 Å². The third-order valence-electron chi connectivity index (χ3n) is 4.81. The zero-order chi connectivity index (χ0) is 17.2. The van der Waals surface area contributed by atoms with Crippen LogP contribution in [-0.2, 0) is 4.79 Å². The molecule has 0 radical (unpaired) electrons. The summed E-state index contributed by atoms with van der Waals surface area (Å²) in [6.45, 7) is 0.258. The molecule has 0 unspecified atom stereocenters. The van der Waals surface area contributed by atoms with E-state index in [2.05, 4.69) is 5.32 Å². The van der Waals surface area contributed by atoms with E-state index < -0.39 is 25.2 Å². The zero-order valence-corrected chi connectivity index (χ0v) is 13.5. The fourth-order valence-electron chi connectivity index (χ4n) is 3.79. The fourth-order valence-corrected chi connectivity index (χ4v) is 3.79. The minimum Gasteiger partial charge on any atom is -0.335 e. The largest absolute Gasteiger partial charge is 0.406 e. The second-order valence-corrected chi connectivity index (χ2v) is 6.63. The number of hydrogen-bond donors (Lipinski definition) is 1. The maximum atomic E-state index is 12.3. The number of carbonyl (C=O) groups excluding carboxylic acids is 2. The van der Waals surface area contributed by atoms with E-state index in [9.17, 15) is 22.8 Å². The molecule has 2 rings (SSSR count). The monoisotopic (exact) mass is 335 g/mol. The first-order chi connectivity index (χ1) is 10.7. The van der Waals surface area contributed by atoms with Crippen LogP contribution in [0, 0.1) is 5.92 Å². The number of rotatable bonds is 3. The van der Waals surface area contributed by atoms with Crippen molar-refractivity contribution in [3.8, 4) is 0 Å². The van der Waals surface area contributed by atoms with Crippen LogP contribution in [0.25, 0.3) is 0 Å². The molecule has 8 heteroatoms. The Labute approximate surface area is 134 Å². The molecule has 1 saturated heterocycles. The van der Waals surface area contributed by atoms with Gasteiger partial charge in [0, 0.05) is 19.1 Å². The number of halogens is 3. The lowest BCUT2D eigenvalue weighted by atomic mass is 9.85. The van der Waals surface area contributed by atoms with Crippen LogP contribution < -0.4 is 5.32 Å². The lowest BCUT2D eigenvalue weighted by molar-refractivity contribution is -0.157. The molecule has 0 spiro atoms. The highest BCUT2D eigenvalue weighted by Gasteiger charge is 2.42. The van der Waals surface area contributed by atoms with Gasteiger partial charge in [0.25, 0.3) is 0 Å². The van der Waals surface area contributed by atoms with E-state index >= 15 is 0 Å². The van der Waals surface area contributed by atoms with Crippen molar-refractivity contribution in [3.63, 3.8) is 0 Å². The predicted molar refractivity (Wildman–Crippen MR) is 78.8 cm³/mol. The lowest BCUT2D eigenvalue weighted by Crippen LogP contribution is -2.50. The summed E-state index contributed by atoms with van der Waals surface area (Å²) >= 11 is 0. The topological polar surface area (TPSA) is 52.7 Å². The van der Waals surface area contributed by atoms with Crippen LogP contribution in [0.3, 0.4) is 0 Å². The van der Waals surface area contributed by atoms with E-state index in [0.717, 1.165) is 32.7 Å². The van der Waals surface area contributed by atoms with Crippen molar-refractivity contribution < 1.29 is 22.8 Å². The summed E-state index contributed by atoms with van der Waals surface area (Å²) in [6.07, 6.45) is 0.874. The minimum absolute atomic E-state index is 0.103. The molecule has 1 aliphatic carbocycles. The van der Waals surface area contributed by atoms with Crippen LogP contribution in [0.4, 0.5) is 18.0 Å². The van der Waals surface area contributed by atoms with Gasteiger partial charge in [0.05, 0.1) is 6.54 Å². The van der Waals surface area contributed by atoms with Crippen LogP contribution in [0.15, 0.2) is 0 Å². The molecular formula is C15H24F3N3O2. The Morgan fingerprint density at radius 2 is 1.91 bits per heavy atom. The van der Waals surface area contributed by atoms with Gasteiger partial charge < -0.3 is 15.1 Å². The van der Waals surface area contributed by atoms with Crippen molar-refractivity contribution in [2.45, 2.75) is 57.3 Å². The van der Waals surface area contributed by atoms with E-state index in [-0.39, 0.29) is 18.1 Å². The fraction of sp³-hybridized carbons (Fsp3) is 0.867. The number of nitrogens with zero attached hydrogens (tertiary/aromatic N) is 2. The maximum absolute atomic E-state index is 12.3. The number of hydrogen-bond acceptors (Lipinski definition) is 2. The molecule has 2 fully saturated rings. The number of carbonyl (C=O) groups is 2. The molecular weight excluding hydrogens is 311 g/mol. The van der Waals surface area contributed by atoms with Gasteiger partial charge in [-0.05, 0) is 32.1 Å². The number of urea groups is 1. The Bertz CT molecular complexity index is 456. The summed E-state index contributed by atoms with van der Waals surface area (Å²) in [5.74, 6) is -0.240. The highest BCUT2D eigenvalue weighted by atomic mass is 19.4. The van der Waals surface area contributed by atoms with Crippen molar-refractivity contribution in [3.05, 3.63) is 0 Å². The maximum Gasteiger partial charge on any atom is 0.406 e. The summed E-state index contributed by atoms with van der Waals surface area (Å²) in [5.41, 5.74) is 0. The molecule has 1 N–H and O–H groups in total. The van der Waals surface area contributed by atoms with Gasteiger partial charge in [-0.1, -0.05) is 12.8 Å². The minimum atomic E-state index is -4.44. The Balaban J connectivity index is 1.85. The van der Waals surface area contributed by atoms with E-state index in [0.29, 0.717) is 10.8 Å². The van der Waals surface area contributed by atoms with Crippen molar-refractivity contribution in [1.29, 1.82) is 0 Å². The Hall–Kier alpha value is -1.47. The van der Waals surface area contributed by atoms with Gasteiger partial charge in [0.15, 0.2) is 0 Å². The normalized spacial score (nSPS) is 27.5. The summed E-state index contributed by atoms with van der Waals surface area (Å²) in [6, 6.07) is -0.0477. The first kappa shape index (κ1) is 17.9. The van der Waals surface area contributed by atoms with Gasteiger partial charge in [0.2, 0.25) is 5.91 Å². The van der Waals surface area contributed by atoms with E-state index in [1.165, 1.54) is 6.42 Å². The summed E-state index contributed by atoms with van der Waals surface area (Å²) in [7, 11) is 1.08. The third kappa shape index (κ3) is 4.51. The van der Waals surface area contributed by atoms with Crippen LogP contribution in [0.2, 0.25) is 0 Å². The average Bonchev–Trinajstić information content (AvgIpc) is 2.78. The number of likely N-dealkylation sites (tertiary alicyclic amines) is 1. The summed E-state index contributed by atoms with van der Waals surface area (Å²) in [5, 5.41) is 2.48. The number of alkyl halides is 3. The Morgan fingerprint density at radius 3 is 2.57 bits per heavy atom. The van der Waals surface area contributed by atoms with E-state index in [1.54, 1.807) is 4.90 Å². The van der Waals surface area contributed by atoms with Crippen molar-refractivity contribution in [1.82, 2.24) is 15.1 Å². The van der Waals surface area contributed by atoms with Crippen molar-refractivity contribution in [2.24, 2.45) is 5.92 Å². The molecule has 3 atom stereocenters. The van der Waals surface area contributed by atoms with Crippen molar-refractivity contribution in [2.75, 3.05) is 20.1 Å². The quantitative estimate of drug-likeness (QED) is 0.861. The Kier molecular flexibility index (Phi) is 5.41. The number of fused-ring (bicyclic) bond motifs is 1. The highest BCUT2D eigenvalue weighted by molar-refractivity contribution is 5.84. The molecule has 1 saturated carbocycles. The first-order valence-corrected chi connectivity index (χ1v) is 8.06. The lowest BCUT2D eigenvalue weighted by Gasteiger charge is -2.33. The predicted octanol–water partition coefficient (Wildman–Crippen LogP) is 2.37. The standard InChI is InChI=1S/C15H24F3N3O2/c1-10-7-11-5-3-4-6-12(11)21(10)14(23)19-8-13(22)20(2)9-15(16,17)18/h10-12H,3-9H2,1-2H3,(H,19,23)/t10-,11+,12+/m1/s1. The molecule has 3 amide bonds. The molecule has 132 valence electrons. The van der Waals surface area contributed by atoms with Gasteiger partial charge in [-0.2, -0.15) is 13.2 Å². The van der Waals surface area contributed by atoms with Crippen molar-refractivity contribution >= 4 is 11.9 Å². The molecule has 0 aromatic carbocycles. The average molecular weight is 335 g/mol. The summed E-state index contributed by atoms with van der Waals surface area (Å²) < 4.78 is 36.8. The molecule has 0 aromatic rings. The molecule has 0 bridgehead atoms. The third-order valence-corrected chi connectivity index (χ3v) is 4.81. The molecule has 23 heavy (non-hydrogen) atoms. The van der Waals surface area contributed by atoms with Gasteiger partial charge in [-0.25, -0.2) is 4.79 Å². The number of amides is 3. The smallest absolute Gasteiger partial charge is 0.335 e. The SMILES string of the molecule is C[C@@H]1C[C@@H]2CCCC[C@@H]2N1C(=O)NCC(=O)N(C)CC(F)(F)F. The highest BCUT2D eigenvalue weighted by Crippen LogP contribution is 2.39. The van der Waals surface area contributed by atoms with Crippen LogP contribution >= 0.6 is 0 Å². The second-order valence-electron chi connectivity index (χ2n) is 6.63. The molecule has 1 aliphatic heterocycles. The zero-order valence-electron chi connectivity index (χ0n) is 13.5.